The number of carbonyl (C=O) groups is 2. The molecule has 0 atom stereocenters. The lowest BCUT2D eigenvalue weighted by atomic mass is 10.4. The molecule has 70 valence electrons. The summed E-state index contributed by atoms with van der Waals surface area (Å²) in [5.41, 5.74) is 4.79. The van der Waals surface area contributed by atoms with E-state index in [2.05, 4.69) is 10.1 Å². The van der Waals surface area contributed by atoms with Gasteiger partial charge in [0.15, 0.2) is 0 Å². The summed E-state index contributed by atoms with van der Waals surface area (Å²) in [4.78, 5) is 20.9. The lowest BCUT2D eigenvalue weighted by Crippen LogP contribution is -2.33. The van der Waals surface area contributed by atoms with E-state index in [1.165, 1.54) is 0 Å². The molecule has 12 heavy (non-hydrogen) atoms. The normalized spacial score (nSPS) is 9.08. The molecule has 0 aliphatic heterocycles. The van der Waals surface area contributed by atoms with Crippen molar-refractivity contribution in [2.75, 3.05) is 13.2 Å². The molecule has 2 amide bonds. The maximum atomic E-state index is 10.7. The van der Waals surface area contributed by atoms with E-state index in [1.807, 2.05) is 6.92 Å². The first-order valence-electron chi connectivity index (χ1n) is 3.85. The number of carbonyl (C=O) groups excluding carboxylic acids is 2. The van der Waals surface area contributed by atoms with Crippen molar-refractivity contribution in [3.63, 3.8) is 0 Å². The van der Waals surface area contributed by atoms with Crippen molar-refractivity contribution < 1.29 is 14.3 Å². The van der Waals surface area contributed by atoms with Crippen molar-refractivity contribution in [2.24, 2.45) is 5.73 Å². The highest BCUT2D eigenvalue weighted by Crippen LogP contribution is 1.87. The molecule has 0 radical (unpaired) electrons. The number of unbranched alkanes of at least 4 members (excludes halogenated alkanes) is 1. The fraction of sp³-hybridized carbons (Fsp3) is 0.714. The molecule has 0 spiro atoms. The monoisotopic (exact) mass is 174 g/mol. The molecule has 5 heteroatoms. The minimum atomic E-state index is -0.595. The number of hydrogen-bond acceptors (Lipinski definition) is 3. The first-order valence-corrected chi connectivity index (χ1v) is 3.85. The summed E-state index contributed by atoms with van der Waals surface area (Å²) in [7, 11) is 0. The molecule has 3 N–H and O–H groups in total. The fourth-order valence-electron chi connectivity index (χ4n) is 0.520. The minimum Gasteiger partial charge on any atom is -0.450 e. The number of rotatable bonds is 5. The number of primary amides is 1. The molecular formula is C7H14N2O3. The third kappa shape index (κ3) is 6.85. The van der Waals surface area contributed by atoms with Gasteiger partial charge < -0.3 is 15.8 Å². The first-order chi connectivity index (χ1) is 5.66. The van der Waals surface area contributed by atoms with Gasteiger partial charge in [-0.05, 0) is 6.42 Å². The number of nitrogens with two attached hydrogens (primary N) is 1. The van der Waals surface area contributed by atoms with Crippen LogP contribution in [0.3, 0.4) is 0 Å². The second-order valence-corrected chi connectivity index (χ2v) is 2.31. The van der Waals surface area contributed by atoms with Crippen molar-refractivity contribution in [2.45, 2.75) is 19.8 Å². The Morgan fingerprint density at radius 1 is 1.50 bits per heavy atom. The Balaban J connectivity index is 3.28. The average molecular weight is 174 g/mol. The van der Waals surface area contributed by atoms with Crippen LogP contribution in [0.1, 0.15) is 19.8 Å². The number of ether oxygens (including phenoxy) is 1. The minimum absolute atomic E-state index is 0.176. The standard InChI is InChI=1S/C7H14N2O3/c1-2-3-4-12-7(11)9-5-6(8)10/h2-5H2,1H3,(H2,8,10)(H,9,11). The molecule has 5 nitrogen and oxygen atoms in total. The summed E-state index contributed by atoms with van der Waals surface area (Å²) < 4.78 is 4.68. The summed E-state index contributed by atoms with van der Waals surface area (Å²) >= 11 is 0. The molecule has 0 saturated carbocycles. The van der Waals surface area contributed by atoms with E-state index in [4.69, 9.17) is 5.73 Å². The Morgan fingerprint density at radius 3 is 2.67 bits per heavy atom. The predicted octanol–water partition coefficient (Wildman–Crippen LogP) is -0.00200. The van der Waals surface area contributed by atoms with E-state index < -0.39 is 12.0 Å². The zero-order chi connectivity index (χ0) is 9.40. The molecule has 0 saturated heterocycles. The largest absolute Gasteiger partial charge is 0.450 e. The van der Waals surface area contributed by atoms with Gasteiger partial charge in [0.25, 0.3) is 0 Å². The zero-order valence-electron chi connectivity index (χ0n) is 7.13. The summed E-state index contributed by atoms with van der Waals surface area (Å²) in [5, 5.41) is 2.21. The average Bonchev–Trinajstić information content (AvgIpc) is 2.01. The van der Waals surface area contributed by atoms with Crippen LogP contribution in [0.15, 0.2) is 0 Å². The Bertz CT molecular complexity index is 159. The van der Waals surface area contributed by atoms with Gasteiger partial charge in [-0.2, -0.15) is 0 Å². The molecule has 0 heterocycles. The Hall–Kier alpha value is -1.26. The highest BCUT2D eigenvalue weighted by Gasteiger charge is 2.01. The first kappa shape index (κ1) is 10.7. The fourth-order valence-corrected chi connectivity index (χ4v) is 0.520. The van der Waals surface area contributed by atoms with Crippen molar-refractivity contribution >= 4 is 12.0 Å². The topological polar surface area (TPSA) is 81.4 Å². The van der Waals surface area contributed by atoms with E-state index in [9.17, 15) is 9.59 Å². The smallest absolute Gasteiger partial charge is 0.407 e. The lowest BCUT2D eigenvalue weighted by molar-refractivity contribution is -0.117. The van der Waals surface area contributed by atoms with E-state index in [0.29, 0.717) is 6.61 Å². The van der Waals surface area contributed by atoms with Gasteiger partial charge in [-0.1, -0.05) is 13.3 Å². The Morgan fingerprint density at radius 2 is 2.17 bits per heavy atom. The summed E-state index contributed by atoms with van der Waals surface area (Å²) in [6.07, 6.45) is 1.19. The lowest BCUT2D eigenvalue weighted by Gasteiger charge is -2.03. The summed E-state index contributed by atoms with van der Waals surface area (Å²) in [6.45, 7) is 2.19. The van der Waals surface area contributed by atoms with Crippen LogP contribution in [0.5, 0.6) is 0 Å². The van der Waals surface area contributed by atoms with Crippen LogP contribution in [-0.4, -0.2) is 25.2 Å². The van der Waals surface area contributed by atoms with Crippen molar-refractivity contribution in [1.29, 1.82) is 0 Å². The summed E-state index contributed by atoms with van der Waals surface area (Å²) in [6, 6.07) is 0. The molecule has 0 aromatic carbocycles. The van der Waals surface area contributed by atoms with Gasteiger partial charge in [-0.15, -0.1) is 0 Å². The van der Waals surface area contributed by atoms with Crippen molar-refractivity contribution in [3.05, 3.63) is 0 Å². The van der Waals surface area contributed by atoms with Gasteiger partial charge in [0, 0.05) is 0 Å². The maximum absolute atomic E-state index is 10.7. The zero-order valence-corrected chi connectivity index (χ0v) is 7.13. The van der Waals surface area contributed by atoms with Crippen molar-refractivity contribution in [3.8, 4) is 0 Å². The molecule has 0 aromatic heterocycles. The van der Waals surface area contributed by atoms with Crippen LogP contribution in [0.25, 0.3) is 0 Å². The molecule has 0 aromatic rings. The molecule has 0 fully saturated rings. The third-order valence-electron chi connectivity index (χ3n) is 1.14. The molecule has 0 unspecified atom stereocenters. The second-order valence-electron chi connectivity index (χ2n) is 2.31. The van der Waals surface area contributed by atoms with Gasteiger partial charge in [0.2, 0.25) is 5.91 Å². The van der Waals surface area contributed by atoms with Crippen LogP contribution < -0.4 is 11.1 Å². The van der Waals surface area contributed by atoms with Gasteiger partial charge in [-0.3, -0.25) is 4.79 Å². The van der Waals surface area contributed by atoms with Crippen LogP contribution in [0.2, 0.25) is 0 Å². The molecular weight excluding hydrogens is 160 g/mol. The Labute approximate surface area is 71.3 Å². The quantitative estimate of drug-likeness (QED) is 0.575. The number of hydrogen-bond donors (Lipinski definition) is 2. The molecule has 0 bridgehead atoms. The van der Waals surface area contributed by atoms with Crippen LogP contribution in [-0.2, 0) is 9.53 Å². The maximum Gasteiger partial charge on any atom is 0.407 e. The molecule has 0 aliphatic rings. The van der Waals surface area contributed by atoms with Crippen LogP contribution >= 0.6 is 0 Å². The van der Waals surface area contributed by atoms with E-state index in [-0.39, 0.29) is 6.54 Å². The number of nitrogens with one attached hydrogen (secondary N) is 1. The van der Waals surface area contributed by atoms with Gasteiger partial charge in [0.1, 0.15) is 0 Å². The predicted molar refractivity (Wildman–Crippen MR) is 43.5 cm³/mol. The van der Waals surface area contributed by atoms with Gasteiger partial charge in [-0.25, -0.2) is 4.79 Å². The SMILES string of the molecule is CCCCOC(=O)NCC(N)=O. The van der Waals surface area contributed by atoms with E-state index in [1.54, 1.807) is 0 Å². The van der Waals surface area contributed by atoms with Crippen LogP contribution in [0, 0.1) is 0 Å². The van der Waals surface area contributed by atoms with E-state index >= 15 is 0 Å². The second kappa shape index (κ2) is 6.45. The van der Waals surface area contributed by atoms with E-state index in [0.717, 1.165) is 12.8 Å². The van der Waals surface area contributed by atoms with Gasteiger partial charge >= 0.3 is 6.09 Å². The number of alkyl carbamates (subject to hydrolysis) is 1. The van der Waals surface area contributed by atoms with Gasteiger partial charge in [0.05, 0.1) is 13.2 Å². The molecule has 0 rings (SSSR count). The molecule has 0 aliphatic carbocycles. The third-order valence-corrected chi connectivity index (χ3v) is 1.14. The highest BCUT2D eigenvalue weighted by molar-refractivity contribution is 5.80. The van der Waals surface area contributed by atoms with Crippen LogP contribution in [0.4, 0.5) is 4.79 Å². The van der Waals surface area contributed by atoms with Crippen molar-refractivity contribution in [1.82, 2.24) is 5.32 Å². The highest BCUT2D eigenvalue weighted by atomic mass is 16.5. The Kier molecular flexibility index (Phi) is 5.77. The summed E-state index contributed by atoms with van der Waals surface area (Å²) in [5.74, 6) is -0.581. The number of amides is 2.